The molecule has 0 unspecified atom stereocenters. The largest absolute Gasteiger partial charge is 0.291 e. The topological polar surface area (TPSA) is 118 Å². The number of nitro groups is 1. The molecule has 2 aromatic carbocycles. The number of carbonyl (C=O) groups excluding carboxylic acids is 4. The van der Waals surface area contributed by atoms with Crippen molar-refractivity contribution in [3.63, 3.8) is 0 Å². The fourth-order valence-corrected chi connectivity index (χ4v) is 6.21. The van der Waals surface area contributed by atoms with Gasteiger partial charge in [-0.2, -0.15) is 0 Å². The third-order valence-electron chi connectivity index (χ3n) is 7.40. The molecule has 1 aliphatic carbocycles. The Kier molecular flexibility index (Phi) is 3.66. The van der Waals surface area contributed by atoms with E-state index in [4.69, 9.17) is 0 Å². The Morgan fingerprint density at radius 2 is 1.53 bits per heavy atom. The molecule has 3 saturated heterocycles. The average Bonchev–Trinajstić information content (AvgIpc) is 3.49. The molecule has 3 atom stereocenters. The summed E-state index contributed by atoms with van der Waals surface area (Å²) in [5.74, 6) is -3.80. The Morgan fingerprint density at radius 1 is 0.906 bits per heavy atom. The van der Waals surface area contributed by atoms with Crippen molar-refractivity contribution in [1.82, 2.24) is 4.90 Å². The van der Waals surface area contributed by atoms with Crippen LogP contribution in [0.4, 0.5) is 11.4 Å². The van der Waals surface area contributed by atoms with Crippen molar-refractivity contribution in [3.8, 4) is 0 Å². The van der Waals surface area contributed by atoms with Crippen LogP contribution in [0, 0.1) is 22.0 Å². The van der Waals surface area contributed by atoms with Gasteiger partial charge < -0.3 is 0 Å². The van der Waals surface area contributed by atoms with Gasteiger partial charge in [-0.3, -0.25) is 34.2 Å². The molecule has 9 heteroatoms. The molecule has 0 bridgehead atoms. The lowest BCUT2D eigenvalue weighted by Crippen LogP contribution is -2.59. The first-order valence-corrected chi connectivity index (χ1v) is 10.5. The third-order valence-corrected chi connectivity index (χ3v) is 7.40. The highest BCUT2D eigenvalue weighted by Gasteiger charge is 2.76. The van der Waals surface area contributed by atoms with Crippen LogP contribution >= 0.6 is 0 Å². The second-order valence-corrected chi connectivity index (χ2v) is 8.66. The quantitative estimate of drug-likeness (QED) is 0.309. The summed E-state index contributed by atoms with van der Waals surface area (Å²) in [6.45, 7) is 0.473. The number of amides is 2. The van der Waals surface area contributed by atoms with Crippen LogP contribution in [0.3, 0.4) is 0 Å². The van der Waals surface area contributed by atoms with Crippen molar-refractivity contribution in [2.45, 2.75) is 24.4 Å². The smallest absolute Gasteiger partial charge is 0.269 e. The van der Waals surface area contributed by atoms with E-state index in [2.05, 4.69) is 0 Å². The van der Waals surface area contributed by atoms with Crippen molar-refractivity contribution >= 4 is 34.8 Å². The lowest BCUT2D eigenvalue weighted by Gasteiger charge is -2.35. The lowest BCUT2D eigenvalue weighted by atomic mass is 9.76. The summed E-state index contributed by atoms with van der Waals surface area (Å²) in [6, 6.07) is 11.3. The van der Waals surface area contributed by atoms with Crippen LogP contribution in [0.5, 0.6) is 0 Å². The number of hydrogen-bond acceptors (Lipinski definition) is 7. The summed E-state index contributed by atoms with van der Waals surface area (Å²) in [7, 11) is 0. The van der Waals surface area contributed by atoms with E-state index < -0.39 is 45.7 Å². The monoisotopic (exact) mass is 431 g/mol. The number of fused-ring (bicyclic) bond motifs is 6. The first kappa shape index (κ1) is 19.0. The molecule has 3 fully saturated rings. The van der Waals surface area contributed by atoms with Gasteiger partial charge in [0.2, 0.25) is 11.8 Å². The number of nitrogens with zero attached hydrogens (tertiary/aromatic N) is 3. The lowest BCUT2D eigenvalue weighted by molar-refractivity contribution is -0.384. The van der Waals surface area contributed by atoms with Crippen molar-refractivity contribution < 1.29 is 24.1 Å². The number of carbonyl (C=O) groups is 4. The highest BCUT2D eigenvalue weighted by Crippen LogP contribution is 2.57. The molecule has 9 nitrogen and oxygen atoms in total. The van der Waals surface area contributed by atoms with Crippen LogP contribution in [0.2, 0.25) is 0 Å². The summed E-state index contributed by atoms with van der Waals surface area (Å²) in [4.78, 5) is 67.8. The molecule has 1 spiro atoms. The van der Waals surface area contributed by atoms with Gasteiger partial charge >= 0.3 is 0 Å². The molecule has 32 heavy (non-hydrogen) atoms. The predicted octanol–water partition coefficient (Wildman–Crippen LogP) is 2.00. The van der Waals surface area contributed by atoms with Crippen molar-refractivity contribution in [2.24, 2.45) is 11.8 Å². The SMILES string of the molecule is O=C1[C@@H]2[C@@H]3CCCN3C3(C(=O)c4ccccc4C3=O)[C@H]2C(=O)N1c1ccc([N+](=O)[O-])cc1. The third kappa shape index (κ3) is 2.02. The second kappa shape index (κ2) is 6.17. The van der Waals surface area contributed by atoms with Crippen molar-refractivity contribution in [3.05, 3.63) is 69.8 Å². The summed E-state index contributed by atoms with van der Waals surface area (Å²) < 4.78 is 0. The standard InChI is InChI=1S/C23H17N3O6/c27-19-14-4-1-2-5-15(14)20(28)23(19)18-17(16-6-3-11-24(16)23)21(29)25(22(18)30)12-7-9-13(10-8-12)26(31)32/h1-2,4-5,7-10,16-18H,3,6,11H2/t16-,17+,18+/m0/s1. The zero-order valence-electron chi connectivity index (χ0n) is 16.8. The Hall–Kier alpha value is -3.72. The van der Waals surface area contributed by atoms with Gasteiger partial charge in [0.05, 0.1) is 22.4 Å². The Morgan fingerprint density at radius 3 is 2.12 bits per heavy atom. The number of rotatable bonds is 2. The zero-order chi connectivity index (χ0) is 22.4. The molecule has 3 heterocycles. The maximum atomic E-state index is 13.7. The highest BCUT2D eigenvalue weighted by molar-refractivity contribution is 6.37. The number of non-ortho nitro benzene ring substituents is 1. The molecule has 160 valence electrons. The molecule has 3 aliphatic heterocycles. The number of anilines is 1. The molecule has 0 aromatic heterocycles. The number of ketones is 2. The number of nitro benzene ring substituents is 1. The van der Waals surface area contributed by atoms with Crippen LogP contribution in [0.25, 0.3) is 0 Å². The summed E-state index contributed by atoms with van der Waals surface area (Å²) in [5.41, 5.74) is -1.08. The fraction of sp³-hybridized carbons (Fsp3) is 0.304. The van der Waals surface area contributed by atoms with Crippen LogP contribution in [0.15, 0.2) is 48.5 Å². The Balaban J connectivity index is 1.50. The zero-order valence-corrected chi connectivity index (χ0v) is 16.8. The maximum Gasteiger partial charge on any atom is 0.269 e. The van der Waals surface area contributed by atoms with Gasteiger partial charge in [0.25, 0.3) is 5.69 Å². The molecule has 4 aliphatic rings. The van der Waals surface area contributed by atoms with E-state index >= 15 is 0 Å². The van der Waals surface area contributed by atoms with E-state index in [0.717, 1.165) is 11.3 Å². The molecule has 2 amide bonds. The molecule has 2 aromatic rings. The Bertz CT molecular complexity index is 1220. The number of imide groups is 1. The van der Waals surface area contributed by atoms with Gasteiger partial charge in [-0.25, -0.2) is 4.90 Å². The van der Waals surface area contributed by atoms with Gasteiger partial charge in [0, 0.05) is 29.3 Å². The van der Waals surface area contributed by atoms with Crippen molar-refractivity contribution in [1.29, 1.82) is 0 Å². The van der Waals surface area contributed by atoms with Gasteiger partial charge in [0.1, 0.15) is 0 Å². The van der Waals surface area contributed by atoms with E-state index in [1.807, 2.05) is 0 Å². The highest BCUT2D eigenvalue weighted by atomic mass is 16.6. The van der Waals surface area contributed by atoms with Crippen LogP contribution in [-0.2, 0) is 9.59 Å². The second-order valence-electron chi connectivity index (χ2n) is 8.66. The molecule has 0 N–H and O–H groups in total. The van der Waals surface area contributed by atoms with Gasteiger partial charge in [0.15, 0.2) is 17.1 Å². The summed E-state index contributed by atoms with van der Waals surface area (Å²) in [6.07, 6.45) is 1.35. The predicted molar refractivity (Wildman–Crippen MR) is 110 cm³/mol. The number of Topliss-reactive ketones (excluding diaryl/α,β-unsaturated/α-hetero) is 2. The molecule has 0 radical (unpaired) electrons. The number of benzene rings is 2. The van der Waals surface area contributed by atoms with Crippen LogP contribution in [0.1, 0.15) is 33.6 Å². The molecule has 6 rings (SSSR count). The number of hydrogen-bond donors (Lipinski definition) is 0. The van der Waals surface area contributed by atoms with Gasteiger partial charge in [-0.15, -0.1) is 0 Å². The van der Waals surface area contributed by atoms with Gasteiger partial charge in [-0.05, 0) is 31.5 Å². The van der Waals surface area contributed by atoms with E-state index in [-0.39, 0.29) is 28.5 Å². The fourth-order valence-electron chi connectivity index (χ4n) is 6.21. The van der Waals surface area contributed by atoms with Crippen LogP contribution in [-0.4, -0.2) is 51.3 Å². The first-order chi connectivity index (χ1) is 15.4. The first-order valence-electron chi connectivity index (χ1n) is 10.5. The van der Waals surface area contributed by atoms with E-state index in [9.17, 15) is 29.3 Å². The summed E-state index contributed by atoms with van der Waals surface area (Å²) >= 11 is 0. The van der Waals surface area contributed by atoms with Crippen LogP contribution < -0.4 is 4.90 Å². The maximum absolute atomic E-state index is 13.7. The normalized spacial score (nSPS) is 27.9. The minimum Gasteiger partial charge on any atom is -0.291 e. The van der Waals surface area contributed by atoms with Gasteiger partial charge in [-0.1, -0.05) is 24.3 Å². The minimum absolute atomic E-state index is 0.164. The minimum atomic E-state index is -1.70. The van der Waals surface area contributed by atoms with E-state index in [1.54, 1.807) is 29.2 Å². The van der Waals surface area contributed by atoms with Crippen molar-refractivity contribution in [2.75, 3.05) is 11.4 Å². The summed E-state index contributed by atoms with van der Waals surface area (Å²) in [5, 5.41) is 11.0. The molecular formula is C23H17N3O6. The van der Waals surface area contributed by atoms with E-state index in [1.165, 1.54) is 24.3 Å². The van der Waals surface area contributed by atoms with E-state index in [0.29, 0.717) is 13.0 Å². The average molecular weight is 431 g/mol. The molecular weight excluding hydrogens is 414 g/mol. The Labute approximate surface area is 181 Å². The molecule has 0 saturated carbocycles.